The summed E-state index contributed by atoms with van der Waals surface area (Å²) >= 11 is 3.26. The van der Waals surface area contributed by atoms with E-state index in [2.05, 4.69) is 15.9 Å². The number of hydrogen-bond donors (Lipinski definition) is 0. The van der Waals surface area contributed by atoms with E-state index in [9.17, 15) is 17.2 Å². The summed E-state index contributed by atoms with van der Waals surface area (Å²) in [6, 6.07) is 2.41. The van der Waals surface area contributed by atoms with Crippen molar-refractivity contribution < 1.29 is 21.9 Å². The average molecular weight is 384 g/mol. The topological polar surface area (TPSA) is 46.6 Å². The lowest BCUT2D eigenvalue weighted by Crippen LogP contribution is -2.55. The number of morpholine rings is 1. The predicted octanol–water partition coefficient (Wildman–Crippen LogP) is 2.53. The number of ether oxygens (including phenoxy) is 1. The molecular formula is C13H16BrF2NO3S. The molecule has 1 aromatic rings. The highest BCUT2D eigenvalue weighted by Gasteiger charge is 2.40. The third-order valence-electron chi connectivity index (χ3n) is 3.13. The summed E-state index contributed by atoms with van der Waals surface area (Å²) in [4.78, 5) is -0.645. The van der Waals surface area contributed by atoms with E-state index >= 15 is 0 Å². The molecule has 1 atom stereocenters. The summed E-state index contributed by atoms with van der Waals surface area (Å²) < 4.78 is 59.0. The molecule has 0 saturated carbocycles. The molecule has 0 amide bonds. The van der Waals surface area contributed by atoms with Crippen LogP contribution in [0, 0.1) is 11.6 Å². The third-order valence-corrected chi connectivity index (χ3v) is 5.68. The molecular weight excluding hydrogens is 368 g/mol. The lowest BCUT2D eigenvalue weighted by molar-refractivity contribution is -0.107. The van der Waals surface area contributed by atoms with Crippen LogP contribution in [0.2, 0.25) is 0 Å². The Morgan fingerprint density at radius 3 is 2.71 bits per heavy atom. The van der Waals surface area contributed by atoms with Gasteiger partial charge in [-0.3, -0.25) is 0 Å². The quantitative estimate of drug-likeness (QED) is 0.753. The first-order valence-electron chi connectivity index (χ1n) is 6.35. The molecule has 118 valence electrons. The molecule has 0 bridgehead atoms. The Labute approximate surface area is 131 Å². The normalized spacial score (nSPS) is 23.2. The van der Waals surface area contributed by atoms with Crippen LogP contribution in [0.15, 0.2) is 23.1 Å². The van der Waals surface area contributed by atoms with Gasteiger partial charge in [-0.2, -0.15) is 4.31 Å². The first kappa shape index (κ1) is 16.8. The third kappa shape index (κ3) is 3.61. The van der Waals surface area contributed by atoms with E-state index < -0.39 is 32.2 Å². The van der Waals surface area contributed by atoms with Crippen LogP contribution in [-0.4, -0.2) is 42.8 Å². The number of sulfonamides is 1. The summed E-state index contributed by atoms with van der Waals surface area (Å²) in [6.07, 6.45) is -0.347. The van der Waals surface area contributed by atoms with Crippen LogP contribution in [0.4, 0.5) is 8.78 Å². The second-order valence-corrected chi connectivity index (χ2v) is 8.08. The molecule has 0 radical (unpaired) electrons. The average Bonchev–Trinajstić information content (AvgIpc) is 2.39. The number of alkyl halides is 1. The molecule has 1 saturated heterocycles. The van der Waals surface area contributed by atoms with Gasteiger partial charge < -0.3 is 4.74 Å². The summed E-state index contributed by atoms with van der Waals surface area (Å²) in [5.74, 6) is -1.75. The molecule has 0 aromatic heterocycles. The minimum Gasteiger partial charge on any atom is -0.369 e. The van der Waals surface area contributed by atoms with Gasteiger partial charge in [0.1, 0.15) is 16.5 Å². The molecule has 0 spiro atoms. The first-order chi connectivity index (χ1) is 9.65. The van der Waals surface area contributed by atoms with Crippen molar-refractivity contribution in [2.24, 2.45) is 0 Å². The van der Waals surface area contributed by atoms with Crippen molar-refractivity contribution in [3.8, 4) is 0 Å². The smallest absolute Gasteiger partial charge is 0.246 e. The number of rotatable bonds is 3. The van der Waals surface area contributed by atoms with Gasteiger partial charge in [0, 0.05) is 18.4 Å². The second kappa shape index (κ2) is 5.91. The van der Waals surface area contributed by atoms with Crippen LogP contribution < -0.4 is 0 Å². The van der Waals surface area contributed by atoms with Gasteiger partial charge in [-0.05, 0) is 32.0 Å². The molecule has 1 fully saturated rings. The van der Waals surface area contributed by atoms with E-state index in [0.717, 1.165) is 16.4 Å². The molecule has 21 heavy (non-hydrogen) atoms. The zero-order valence-corrected chi connectivity index (χ0v) is 14.0. The van der Waals surface area contributed by atoms with Crippen molar-refractivity contribution in [3.63, 3.8) is 0 Å². The Bertz CT molecular complexity index is 636. The van der Waals surface area contributed by atoms with Gasteiger partial charge in [0.05, 0.1) is 11.7 Å². The van der Waals surface area contributed by atoms with Gasteiger partial charge >= 0.3 is 0 Å². The SMILES string of the molecule is CC1(C)CN(S(=O)(=O)c2cc(F)ccc2F)CC(CBr)O1. The van der Waals surface area contributed by atoms with Crippen LogP contribution in [0.3, 0.4) is 0 Å². The van der Waals surface area contributed by atoms with Crippen molar-refractivity contribution in [3.05, 3.63) is 29.8 Å². The number of hydrogen-bond acceptors (Lipinski definition) is 3. The molecule has 1 aliphatic heterocycles. The highest BCUT2D eigenvalue weighted by atomic mass is 79.9. The zero-order valence-electron chi connectivity index (χ0n) is 11.6. The Morgan fingerprint density at radius 1 is 1.43 bits per heavy atom. The molecule has 0 aliphatic carbocycles. The van der Waals surface area contributed by atoms with Gasteiger partial charge in [0.2, 0.25) is 10.0 Å². The fourth-order valence-electron chi connectivity index (χ4n) is 2.32. The van der Waals surface area contributed by atoms with Crippen LogP contribution in [0.5, 0.6) is 0 Å². The second-order valence-electron chi connectivity index (χ2n) is 5.53. The maximum atomic E-state index is 13.8. The standard InChI is InChI=1S/C13H16BrF2NO3S/c1-13(2)8-17(7-10(6-14)20-13)21(18,19)12-5-9(15)3-4-11(12)16/h3-5,10H,6-8H2,1-2H3. The summed E-state index contributed by atoms with van der Waals surface area (Å²) in [7, 11) is -4.11. The summed E-state index contributed by atoms with van der Waals surface area (Å²) in [5, 5.41) is 0.452. The van der Waals surface area contributed by atoms with E-state index in [1.54, 1.807) is 13.8 Å². The Kier molecular flexibility index (Phi) is 4.72. The highest BCUT2D eigenvalue weighted by molar-refractivity contribution is 9.09. The molecule has 1 aromatic carbocycles. The van der Waals surface area contributed by atoms with Gasteiger partial charge in [-0.1, -0.05) is 15.9 Å². The summed E-state index contributed by atoms with van der Waals surface area (Å²) in [5.41, 5.74) is -0.701. The van der Waals surface area contributed by atoms with E-state index in [1.165, 1.54) is 0 Å². The Balaban J connectivity index is 2.41. The lowest BCUT2D eigenvalue weighted by Gasteiger charge is -2.41. The molecule has 8 heteroatoms. The number of benzene rings is 1. The number of halogens is 3. The lowest BCUT2D eigenvalue weighted by atomic mass is 10.1. The van der Waals surface area contributed by atoms with Crippen LogP contribution in [-0.2, 0) is 14.8 Å². The van der Waals surface area contributed by atoms with E-state index in [0.29, 0.717) is 11.4 Å². The molecule has 0 N–H and O–H groups in total. The van der Waals surface area contributed by atoms with Crippen LogP contribution >= 0.6 is 15.9 Å². The fourth-order valence-corrected chi connectivity index (χ4v) is 4.35. The van der Waals surface area contributed by atoms with Crippen molar-refractivity contribution in [1.82, 2.24) is 4.31 Å². The zero-order chi connectivity index (χ0) is 15.8. The highest BCUT2D eigenvalue weighted by Crippen LogP contribution is 2.28. The van der Waals surface area contributed by atoms with Gasteiger partial charge in [0.15, 0.2) is 0 Å². The Morgan fingerprint density at radius 2 is 2.10 bits per heavy atom. The van der Waals surface area contributed by atoms with Gasteiger partial charge in [-0.15, -0.1) is 0 Å². The van der Waals surface area contributed by atoms with Crippen molar-refractivity contribution in [2.45, 2.75) is 30.4 Å². The molecule has 1 aliphatic rings. The van der Waals surface area contributed by atoms with Crippen molar-refractivity contribution in [1.29, 1.82) is 0 Å². The van der Waals surface area contributed by atoms with Crippen LogP contribution in [0.1, 0.15) is 13.8 Å². The molecule has 4 nitrogen and oxygen atoms in total. The Hall–Kier alpha value is -0.570. The molecule has 1 heterocycles. The molecule has 1 unspecified atom stereocenters. The number of nitrogens with zero attached hydrogens (tertiary/aromatic N) is 1. The van der Waals surface area contributed by atoms with E-state index in [1.807, 2.05) is 0 Å². The largest absolute Gasteiger partial charge is 0.369 e. The monoisotopic (exact) mass is 383 g/mol. The van der Waals surface area contributed by atoms with E-state index in [-0.39, 0.29) is 19.2 Å². The van der Waals surface area contributed by atoms with Gasteiger partial charge in [-0.25, -0.2) is 17.2 Å². The molecule has 2 rings (SSSR count). The summed E-state index contributed by atoms with van der Waals surface area (Å²) in [6.45, 7) is 3.68. The van der Waals surface area contributed by atoms with Crippen molar-refractivity contribution in [2.75, 3.05) is 18.4 Å². The fraction of sp³-hybridized carbons (Fsp3) is 0.538. The minimum absolute atomic E-state index is 0.0782. The van der Waals surface area contributed by atoms with Gasteiger partial charge in [0.25, 0.3) is 0 Å². The first-order valence-corrected chi connectivity index (χ1v) is 8.91. The van der Waals surface area contributed by atoms with E-state index in [4.69, 9.17) is 4.74 Å². The van der Waals surface area contributed by atoms with Crippen LogP contribution in [0.25, 0.3) is 0 Å². The maximum Gasteiger partial charge on any atom is 0.246 e. The minimum atomic E-state index is -4.11. The maximum absolute atomic E-state index is 13.8. The van der Waals surface area contributed by atoms with Crippen molar-refractivity contribution >= 4 is 26.0 Å². The predicted molar refractivity (Wildman–Crippen MR) is 77.9 cm³/mol.